The molecule has 1 aromatic carbocycles. The minimum absolute atomic E-state index is 0.111. The molecule has 0 amide bonds. The van der Waals surface area contributed by atoms with Crippen molar-refractivity contribution in [3.8, 4) is 17.1 Å². The Morgan fingerprint density at radius 2 is 2.03 bits per heavy atom. The molecule has 0 saturated heterocycles. The molecule has 0 N–H and O–H groups in total. The van der Waals surface area contributed by atoms with E-state index in [9.17, 15) is 0 Å². The fourth-order valence-corrected chi connectivity index (χ4v) is 4.18. The van der Waals surface area contributed by atoms with Crippen LogP contribution < -0.4 is 4.74 Å². The molecule has 3 aromatic rings. The monoisotopic (exact) mass is 441 g/mol. The summed E-state index contributed by atoms with van der Waals surface area (Å²) in [7, 11) is 0. The van der Waals surface area contributed by atoms with Crippen LogP contribution in [0.15, 0.2) is 53.6 Å². The Bertz CT molecular complexity index is 1120. The molecule has 30 heavy (non-hydrogen) atoms. The Morgan fingerprint density at radius 3 is 2.73 bits per heavy atom. The van der Waals surface area contributed by atoms with Crippen LogP contribution in [0, 0.1) is 0 Å². The predicted octanol–water partition coefficient (Wildman–Crippen LogP) is 6.96. The van der Waals surface area contributed by atoms with Crippen LogP contribution in [-0.2, 0) is 6.42 Å². The number of aryl methyl sites for hydroxylation is 1. The molecule has 4 rings (SSSR count). The van der Waals surface area contributed by atoms with Gasteiger partial charge in [0.1, 0.15) is 5.69 Å². The number of rotatable bonds is 7. The fraction of sp³-hybridized carbons (Fsp3) is 0.333. The average Bonchev–Trinajstić information content (AvgIpc) is 3.13. The molecule has 4 nitrogen and oxygen atoms in total. The van der Waals surface area contributed by atoms with Gasteiger partial charge in [-0.1, -0.05) is 66.9 Å². The van der Waals surface area contributed by atoms with Gasteiger partial charge in [0.2, 0.25) is 5.88 Å². The number of hydrogen-bond donors (Lipinski definition) is 0. The van der Waals surface area contributed by atoms with Gasteiger partial charge in [-0.15, -0.1) is 0 Å². The molecule has 0 fully saturated rings. The summed E-state index contributed by atoms with van der Waals surface area (Å²) < 4.78 is 7.78. The molecule has 1 aliphatic carbocycles. The van der Waals surface area contributed by atoms with Gasteiger partial charge in [-0.2, -0.15) is 9.61 Å². The van der Waals surface area contributed by atoms with Crippen LogP contribution in [0.5, 0.6) is 5.88 Å². The minimum Gasteiger partial charge on any atom is -0.478 e. The van der Waals surface area contributed by atoms with E-state index < -0.39 is 0 Å². The number of aromatic nitrogens is 3. The molecule has 0 bridgehead atoms. The lowest BCUT2D eigenvalue weighted by atomic mass is 9.90. The second kappa shape index (κ2) is 9.23. The number of allylic oxidation sites excluding steroid dienone is 4. The molecule has 0 aliphatic heterocycles. The number of hydrogen-bond acceptors (Lipinski definition) is 3. The summed E-state index contributed by atoms with van der Waals surface area (Å²) in [5.74, 6) is 0.821. The summed E-state index contributed by atoms with van der Waals surface area (Å²) in [6.07, 6.45) is 10.0. The SMILES string of the molecule is CCCCc1cc(OCC)n2nc(-c3ccccc3Cl)c(C3C=CC(Cl)=CC3)c2n1. The van der Waals surface area contributed by atoms with Crippen LogP contribution in [0.2, 0.25) is 5.02 Å². The average molecular weight is 442 g/mol. The molecule has 156 valence electrons. The lowest BCUT2D eigenvalue weighted by molar-refractivity contribution is 0.317. The summed E-state index contributed by atoms with van der Waals surface area (Å²) in [5.41, 5.74) is 4.63. The van der Waals surface area contributed by atoms with Crippen molar-refractivity contribution in [2.45, 2.75) is 45.4 Å². The van der Waals surface area contributed by atoms with E-state index >= 15 is 0 Å². The molecule has 0 spiro atoms. The standard InChI is InChI=1S/C24H25Cl2N3O/c1-3-5-8-18-15-21(30-4-2)29-24(27-18)22(16-11-13-17(25)14-12-16)23(28-29)19-9-6-7-10-20(19)26/h6-7,9-11,13-16H,3-5,8,12H2,1-2H3. The first-order chi connectivity index (χ1) is 14.6. The van der Waals surface area contributed by atoms with Crippen molar-refractivity contribution in [1.82, 2.24) is 14.6 Å². The number of fused-ring (bicyclic) bond motifs is 1. The van der Waals surface area contributed by atoms with Crippen LogP contribution >= 0.6 is 23.2 Å². The van der Waals surface area contributed by atoms with E-state index in [2.05, 4.69) is 13.0 Å². The van der Waals surface area contributed by atoms with Gasteiger partial charge in [0, 0.05) is 33.8 Å². The van der Waals surface area contributed by atoms with Crippen LogP contribution in [0.4, 0.5) is 0 Å². The Balaban J connectivity index is 1.97. The summed E-state index contributed by atoms with van der Waals surface area (Å²) >= 11 is 12.8. The first kappa shape index (κ1) is 21.0. The Morgan fingerprint density at radius 1 is 1.20 bits per heavy atom. The van der Waals surface area contributed by atoms with Gasteiger partial charge < -0.3 is 4.74 Å². The molecule has 2 aromatic heterocycles. The molecular formula is C24H25Cl2N3O. The first-order valence-corrected chi connectivity index (χ1v) is 11.2. The molecule has 1 aliphatic rings. The molecule has 6 heteroatoms. The Labute approximate surface area is 187 Å². The topological polar surface area (TPSA) is 39.4 Å². The van der Waals surface area contributed by atoms with E-state index in [0.29, 0.717) is 17.5 Å². The van der Waals surface area contributed by atoms with Crippen LogP contribution in [-0.4, -0.2) is 21.2 Å². The number of ether oxygens (including phenoxy) is 1. The van der Waals surface area contributed by atoms with Crippen molar-refractivity contribution in [2.75, 3.05) is 6.61 Å². The van der Waals surface area contributed by atoms with E-state index in [1.807, 2.05) is 53.9 Å². The van der Waals surface area contributed by atoms with Crippen molar-refractivity contribution in [1.29, 1.82) is 0 Å². The quantitative estimate of drug-likeness (QED) is 0.397. The third-order valence-corrected chi connectivity index (χ3v) is 5.89. The highest BCUT2D eigenvalue weighted by Gasteiger charge is 2.26. The molecule has 0 saturated carbocycles. The highest BCUT2D eigenvalue weighted by Crippen LogP contribution is 2.40. The second-order valence-corrected chi connectivity index (χ2v) is 8.23. The lowest BCUT2D eigenvalue weighted by Crippen LogP contribution is -2.05. The summed E-state index contributed by atoms with van der Waals surface area (Å²) in [5, 5.41) is 6.36. The van der Waals surface area contributed by atoms with Crippen molar-refractivity contribution in [2.24, 2.45) is 0 Å². The summed E-state index contributed by atoms with van der Waals surface area (Å²) in [6, 6.07) is 9.80. The number of halogens is 2. The maximum absolute atomic E-state index is 6.57. The summed E-state index contributed by atoms with van der Waals surface area (Å²) in [4.78, 5) is 5.02. The van der Waals surface area contributed by atoms with Gasteiger partial charge in [-0.25, -0.2) is 4.98 Å². The lowest BCUT2D eigenvalue weighted by Gasteiger charge is -2.16. The zero-order chi connectivity index (χ0) is 21.1. The molecule has 1 atom stereocenters. The van der Waals surface area contributed by atoms with Crippen molar-refractivity contribution >= 4 is 28.8 Å². The first-order valence-electron chi connectivity index (χ1n) is 10.5. The third kappa shape index (κ3) is 4.12. The highest BCUT2D eigenvalue weighted by atomic mass is 35.5. The molecule has 0 radical (unpaired) electrons. The Hall–Kier alpha value is -2.30. The van der Waals surface area contributed by atoms with Crippen molar-refractivity contribution in [3.05, 3.63) is 69.9 Å². The van der Waals surface area contributed by atoms with E-state index in [0.717, 1.165) is 58.9 Å². The van der Waals surface area contributed by atoms with Gasteiger partial charge in [0.25, 0.3) is 0 Å². The van der Waals surface area contributed by atoms with Gasteiger partial charge in [0.15, 0.2) is 5.65 Å². The predicted molar refractivity (Wildman–Crippen MR) is 124 cm³/mol. The fourth-order valence-electron chi connectivity index (χ4n) is 3.79. The van der Waals surface area contributed by atoms with E-state index in [1.165, 1.54) is 0 Å². The van der Waals surface area contributed by atoms with E-state index in [1.54, 1.807) is 0 Å². The van der Waals surface area contributed by atoms with Crippen molar-refractivity contribution < 1.29 is 4.74 Å². The second-order valence-electron chi connectivity index (χ2n) is 7.39. The van der Waals surface area contributed by atoms with E-state index in [4.69, 9.17) is 38.0 Å². The zero-order valence-electron chi connectivity index (χ0n) is 17.2. The van der Waals surface area contributed by atoms with Crippen molar-refractivity contribution in [3.63, 3.8) is 0 Å². The highest BCUT2D eigenvalue weighted by molar-refractivity contribution is 6.33. The molecule has 1 unspecified atom stereocenters. The van der Waals surface area contributed by atoms with Crippen LogP contribution in [0.25, 0.3) is 16.9 Å². The third-order valence-electron chi connectivity index (χ3n) is 5.28. The van der Waals surface area contributed by atoms with E-state index in [-0.39, 0.29) is 5.92 Å². The van der Waals surface area contributed by atoms with Crippen LogP contribution in [0.1, 0.15) is 50.3 Å². The summed E-state index contributed by atoms with van der Waals surface area (Å²) in [6.45, 7) is 4.73. The smallest absolute Gasteiger partial charge is 0.218 e. The van der Waals surface area contributed by atoms with Gasteiger partial charge in [-0.05, 0) is 38.3 Å². The van der Waals surface area contributed by atoms with Gasteiger partial charge in [0.05, 0.1) is 11.6 Å². The normalized spacial score (nSPS) is 16.1. The maximum Gasteiger partial charge on any atom is 0.218 e. The largest absolute Gasteiger partial charge is 0.478 e. The molecular weight excluding hydrogens is 417 g/mol. The van der Waals surface area contributed by atoms with Gasteiger partial charge in [-0.3, -0.25) is 0 Å². The number of benzene rings is 1. The number of unbranched alkanes of at least 4 members (excludes halogenated alkanes) is 1. The molecule has 2 heterocycles. The van der Waals surface area contributed by atoms with Gasteiger partial charge >= 0.3 is 0 Å². The number of nitrogens with zero attached hydrogens (tertiary/aromatic N) is 3. The Kier molecular flexibility index (Phi) is 6.45. The van der Waals surface area contributed by atoms with Crippen LogP contribution in [0.3, 0.4) is 0 Å². The maximum atomic E-state index is 6.57. The zero-order valence-corrected chi connectivity index (χ0v) is 18.7. The minimum atomic E-state index is 0.111.